The van der Waals surface area contributed by atoms with Crippen molar-refractivity contribution in [1.29, 1.82) is 0 Å². The number of rotatable bonds is 10. The Kier molecular flexibility index (Phi) is 10.9. The van der Waals surface area contributed by atoms with Gasteiger partial charge in [-0.3, -0.25) is 0 Å². The molecule has 0 aromatic heterocycles. The molecule has 0 saturated carbocycles. The first-order valence-electron chi connectivity index (χ1n) is 26.2. The summed E-state index contributed by atoms with van der Waals surface area (Å²) in [5.41, 5.74) is 24.9. The molecule has 2 atom stereocenters. The van der Waals surface area contributed by atoms with Crippen molar-refractivity contribution in [3.8, 4) is 55.6 Å². The van der Waals surface area contributed by atoms with Gasteiger partial charge in [0, 0.05) is 40.1 Å². The third-order valence-electron chi connectivity index (χ3n) is 15.8. The van der Waals surface area contributed by atoms with Gasteiger partial charge in [-0.25, -0.2) is 0 Å². The topological polar surface area (TPSA) is 6.48 Å². The lowest BCUT2D eigenvalue weighted by atomic mass is 9.70. The third-order valence-corrected chi connectivity index (χ3v) is 15.8. The predicted molar refractivity (Wildman–Crippen MR) is 313 cm³/mol. The fourth-order valence-electron chi connectivity index (χ4n) is 12.3. The van der Waals surface area contributed by atoms with Crippen LogP contribution in [0.3, 0.4) is 0 Å². The summed E-state index contributed by atoms with van der Waals surface area (Å²) >= 11 is 0. The largest absolute Gasteiger partial charge is 0.311 e. The van der Waals surface area contributed by atoms with Gasteiger partial charge in [-0.05, 0) is 157 Å². The molecule has 0 N–H and O–H groups in total. The molecule has 0 radical (unpaired) electrons. The van der Waals surface area contributed by atoms with E-state index in [2.05, 4.69) is 307 Å². The molecule has 0 heterocycles. The molecule has 1 spiro atoms. The summed E-state index contributed by atoms with van der Waals surface area (Å²) in [5.74, 6) is 0.318. The highest BCUT2D eigenvalue weighted by atomic mass is 15.2. The third kappa shape index (κ3) is 7.56. The minimum Gasteiger partial charge on any atom is -0.311 e. The van der Waals surface area contributed by atoms with E-state index in [-0.39, 0.29) is 0 Å². The quantitative estimate of drug-likeness (QED) is 0.135. The second-order valence-electron chi connectivity index (χ2n) is 20.0. The van der Waals surface area contributed by atoms with Crippen LogP contribution in [0.4, 0.5) is 28.4 Å². The van der Waals surface area contributed by atoms with Gasteiger partial charge < -0.3 is 9.80 Å². The molecule has 2 heteroatoms. The normalized spacial score (nSPS) is 15.6. The second-order valence-corrected chi connectivity index (χ2v) is 20.0. The number of benzene rings is 11. The number of allylic oxidation sites excluding steroid dienone is 3. The van der Waals surface area contributed by atoms with Gasteiger partial charge in [-0.2, -0.15) is 0 Å². The molecule has 3 aliphatic rings. The van der Waals surface area contributed by atoms with Gasteiger partial charge in [0.2, 0.25) is 0 Å². The smallest absolute Gasteiger partial charge is 0.0727 e. The molecule has 11 aromatic carbocycles. The van der Waals surface area contributed by atoms with Crippen molar-refractivity contribution in [2.75, 3.05) is 9.80 Å². The molecular formula is C73H52N2. The van der Waals surface area contributed by atoms with E-state index in [0.29, 0.717) is 5.92 Å². The Bertz CT molecular complexity index is 3840. The van der Waals surface area contributed by atoms with Crippen LogP contribution < -0.4 is 9.80 Å². The first-order valence-corrected chi connectivity index (χ1v) is 26.2. The average Bonchev–Trinajstić information content (AvgIpc) is 4.00. The van der Waals surface area contributed by atoms with Crippen molar-refractivity contribution >= 4 is 28.4 Å². The lowest BCUT2D eigenvalue weighted by molar-refractivity contribution is 0.793. The summed E-state index contributed by atoms with van der Waals surface area (Å²) in [6.45, 7) is 0. The molecule has 14 rings (SSSR count). The minimum absolute atomic E-state index is 0.318. The Morgan fingerprint density at radius 3 is 1.07 bits per heavy atom. The zero-order chi connectivity index (χ0) is 49.7. The van der Waals surface area contributed by atoms with Crippen molar-refractivity contribution in [2.24, 2.45) is 0 Å². The second kappa shape index (κ2) is 18.5. The predicted octanol–water partition coefficient (Wildman–Crippen LogP) is 19.3. The maximum Gasteiger partial charge on any atom is 0.0727 e. The Balaban J connectivity index is 0.945. The molecule has 2 nitrogen and oxygen atoms in total. The van der Waals surface area contributed by atoms with E-state index in [1.165, 1.54) is 89.1 Å². The van der Waals surface area contributed by atoms with E-state index in [1.54, 1.807) is 0 Å². The van der Waals surface area contributed by atoms with Crippen molar-refractivity contribution in [3.05, 3.63) is 331 Å². The fraction of sp³-hybridized carbons (Fsp3) is 0.0411. The first kappa shape index (κ1) is 44.2. The number of anilines is 5. The molecule has 2 unspecified atom stereocenters. The molecule has 0 bridgehead atoms. The zero-order valence-corrected chi connectivity index (χ0v) is 41.5. The van der Waals surface area contributed by atoms with Crippen molar-refractivity contribution in [2.45, 2.75) is 17.8 Å². The van der Waals surface area contributed by atoms with Crippen LogP contribution >= 0.6 is 0 Å². The van der Waals surface area contributed by atoms with Crippen LogP contribution in [0, 0.1) is 0 Å². The number of hydrogen-bond acceptors (Lipinski definition) is 2. The molecule has 75 heavy (non-hydrogen) atoms. The molecule has 3 aliphatic carbocycles. The molecule has 0 fully saturated rings. The fourth-order valence-corrected chi connectivity index (χ4v) is 12.3. The van der Waals surface area contributed by atoms with Gasteiger partial charge in [0.15, 0.2) is 0 Å². The van der Waals surface area contributed by atoms with Crippen molar-refractivity contribution in [3.63, 3.8) is 0 Å². The molecule has 0 saturated heterocycles. The van der Waals surface area contributed by atoms with Gasteiger partial charge >= 0.3 is 0 Å². The summed E-state index contributed by atoms with van der Waals surface area (Å²) in [5, 5.41) is 0. The van der Waals surface area contributed by atoms with E-state index >= 15 is 0 Å². The van der Waals surface area contributed by atoms with Gasteiger partial charge in [0.25, 0.3) is 0 Å². The van der Waals surface area contributed by atoms with Crippen LogP contribution in [-0.2, 0) is 5.41 Å². The number of nitrogens with zero attached hydrogens (tertiary/aromatic N) is 2. The molecule has 11 aromatic rings. The molecule has 0 aliphatic heterocycles. The maximum absolute atomic E-state index is 2.51. The summed E-state index contributed by atoms with van der Waals surface area (Å²) in [6.07, 6.45) is 8.07. The SMILES string of the molecule is C1=CC(c2ccccc2)CC=C1N(c1ccc(-c2ccccc2)cc1)c1ccc2c(c1)C1(c3ccccc3-2)c2ccccc2-c2ccc(N(c3ccc(-c4ccccc4)cc3)c3ccc(-c4ccccc4)cc3)cc21. The van der Waals surface area contributed by atoms with Crippen molar-refractivity contribution in [1.82, 2.24) is 0 Å². The lowest BCUT2D eigenvalue weighted by Gasteiger charge is -2.34. The Morgan fingerprint density at radius 2 is 0.640 bits per heavy atom. The van der Waals surface area contributed by atoms with E-state index in [9.17, 15) is 0 Å². The van der Waals surface area contributed by atoms with Crippen molar-refractivity contribution < 1.29 is 0 Å². The zero-order valence-electron chi connectivity index (χ0n) is 41.5. The van der Waals surface area contributed by atoms with Gasteiger partial charge in [-0.1, -0.05) is 231 Å². The Morgan fingerprint density at radius 1 is 0.293 bits per heavy atom. The molecular weight excluding hydrogens is 905 g/mol. The number of fused-ring (bicyclic) bond motifs is 10. The Labute approximate surface area is 440 Å². The van der Waals surface area contributed by atoms with Crippen LogP contribution in [0.1, 0.15) is 40.2 Å². The van der Waals surface area contributed by atoms with Crippen LogP contribution in [0.25, 0.3) is 55.6 Å². The van der Waals surface area contributed by atoms with Crippen LogP contribution in [0.5, 0.6) is 0 Å². The van der Waals surface area contributed by atoms with Crippen LogP contribution in [0.15, 0.2) is 303 Å². The van der Waals surface area contributed by atoms with E-state index < -0.39 is 5.41 Å². The summed E-state index contributed by atoms with van der Waals surface area (Å²) in [7, 11) is 0. The highest BCUT2D eigenvalue weighted by Crippen LogP contribution is 2.64. The van der Waals surface area contributed by atoms with Gasteiger partial charge in [0.1, 0.15) is 0 Å². The van der Waals surface area contributed by atoms with E-state index in [4.69, 9.17) is 0 Å². The molecule has 0 amide bonds. The summed E-state index contributed by atoms with van der Waals surface area (Å²) in [6, 6.07) is 103. The summed E-state index contributed by atoms with van der Waals surface area (Å²) < 4.78 is 0. The minimum atomic E-state index is -0.595. The Hall–Kier alpha value is -9.50. The first-order chi connectivity index (χ1) is 37.2. The lowest BCUT2D eigenvalue weighted by Crippen LogP contribution is -2.27. The summed E-state index contributed by atoms with van der Waals surface area (Å²) in [4.78, 5) is 4.91. The average molecular weight is 957 g/mol. The number of hydrogen-bond donors (Lipinski definition) is 0. The highest BCUT2D eigenvalue weighted by Gasteiger charge is 2.52. The van der Waals surface area contributed by atoms with Gasteiger partial charge in [0.05, 0.1) is 5.41 Å². The van der Waals surface area contributed by atoms with Crippen LogP contribution in [0.2, 0.25) is 0 Å². The molecule has 354 valence electrons. The van der Waals surface area contributed by atoms with E-state index in [0.717, 1.165) is 34.9 Å². The monoisotopic (exact) mass is 956 g/mol. The van der Waals surface area contributed by atoms with Gasteiger partial charge in [-0.15, -0.1) is 0 Å². The highest BCUT2D eigenvalue weighted by molar-refractivity contribution is 5.97. The maximum atomic E-state index is 2.51. The van der Waals surface area contributed by atoms with Crippen LogP contribution in [-0.4, -0.2) is 0 Å². The standard InChI is InChI=1S/C73H52N2/c1-5-17-51(18-6-1)55-29-37-59(38-30-55)74(60-39-31-56(32-40-60)52-19-7-2-8-20-52)63-45-47-67-65-25-13-15-27-69(65)73(71(67)49-63)70-28-16-14-26-66(70)68-48-46-64(50-72(68)73)75(61-41-33-57(34-42-61)53-21-9-3-10-22-53)62-43-35-58(36-44-62)54-23-11-4-12-24-54/h1-35,37-50,58H,36H2. The van der Waals surface area contributed by atoms with E-state index in [1.807, 2.05) is 0 Å².